The van der Waals surface area contributed by atoms with Gasteiger partial charge in [0.2, 0.25) is 0 Å². The molecule has 1 heterocycles. The van der Waals surface area contributed by atoms with Crippen molar-refractivity contribution in [1.82, 2.24) is 0 Å². The highest BCUT2D eigenvalue weighted by molar-refractivity contribution is 6.61. The van der Waals surface area contributed by atoms with E-state index in [1.165, 1.54) is 6.07 Å². The molecule has 1 aromatic rings. The average Bonchev–Trinajstić information content (AvgIpc) is 3.47. The van der Waals surface area contributed by atoms with Gasteiger partial charge in [0.1, 0.15) is 5.78 Å². The number of carbonyl (C=O) groups is 2. The zero-order valence-corrected chi connectivity index (χ0v) is 24.1. The van der Waals surface area contributed by atoms with E-state index in [-0.39, 0.29) is 41.9 Å². The SMILES string of the molecule is COCC[C@@]1(C)C[C@@H](C(Oc2ccc3c(c2F)B(O)OC3)C(=O)O)[C@@]2(C)[C@H](C)CC[C@]3(CCC(=O)[C@H]32)[C@@H](C)[C@@H]1O. The fourth-order valence-corrected chi connectivity index (χ4v) is 9.15. The summed E-state index contributed by atoms with van der Waals surface area (Å²) >= 11 is 0. The average molecular weight is 560 g/mol. The van der Waals surface area contributed by atoms with Crippen LogP contribution >= 0.6 is 0 Å². The molecule has 8 nitrogen and oxygen atoms in total. The highest BCUT2D eigenvalue weighted by Gasteiger charge is 2.69. The molecule has 0 spiro atoms. The van der Waals surface area contributed by atoms with Crippen molar-refractivity contribution >= 4 is 24.3 Å². The Morgan fingerprint density at radius 2 is 2.00 bits per heavy atom. The maximum absolute atomic E-state index is 15.6. The van der Waals surface area contributed by atoms with Crippen molar-refractivity contribution in [3.05, 3.63) is 23.5 Å². The van der Waals surface area contributed by atoms with Gasteiger partial charge in [-0.2, -0.15) is 0 Å². The number of carboxylic acids is 1. The van der Waals surface area contributed by atoms with Gasteiger partial charge in [-0.15, -0.1) is 0 Å². The summed E-state index contributed by atoms with van der Waals surface area (Å²) in [6.07, 6.45) is 1.13. The maximum atomic E-state index is 15.6. The minimum Gasteiger partial charge on any atom is -0.478 e. The molecule has 4 aliphatic rings. The van der Waals surface area contributed by atoms with Crippen molar-refractivity contribution in [2.45, 2.75) is 85.0 Å². The fraction of sp³-hybridized carbons (Fsp3) is 0.733. The molecular weight excluding hydrogens is 518 g/mol. The number of carboxylic acid groups (broad SMARTS) is 1. The Kier molecular flexibility index (Phi) is 7.64. The second kappa shape index (κ2) is 10.4. The summed E-state index contributed by atoms with van der Waals surface area (Å²) < 4.78 is 32.3. The van der Waals surface area contributed by atoms with Gasteiger partial charge in [-0.3, -0.25) is 4.79 Å². The lowest BCUT2D eigenvalue weighted by Gasteiger charge is -2.63. The highest BCUT2D eigenvalue weighted by Crippen LogP contribution is 2.69. The van der Waals surface area contributed by atoms with Gasteiger partial charge in [-0.1, -0.05) is 33.8 Å². The molecule has 5 rings (SSSR count). The number of ether oxygens (including phenoxy) is 2. The topological polar surface area (TPSA) is 123 Å². The lowest BCUT2D eigenvalue weighted by atomic mass is 9.41. The van der Waals surface area contributed by atoms with E-state index in [0.717, 1.165) is 12.8 Å². The van der Waals surface area contributed by atoms with Crippen LogP contribution in [0.2, 0.25) is 0 Å². The van der Waals surface area contributed by atoms with Crippen LogP contribution in [0.4, 0.5) is 4.39 Å². The number of benzene rings is 1. The van der Waals surface area contributed by atoms with E-state index in [0.29, 0.717) is 31.4 Å². The molecule has 0 aromatic heterocycles. The first kappa shape index (κ1) is 29.5. The first-order valence-electron chi connectivity index (χ1n) is 14.5. The monoisotopic (exact) mass is 560 g/mol. The van der Waals surface area contributed by atoms with Crippen LogP contribution in [0.15, 0.2) is 12.1 Å². The Bertz CT molecular complexity index is 1180. The Balaban J connectivity index is 1.66. The van der Waals surface area contributed by atoms with E-state index in [4.69, 9.17) is 14.1 Å². The van der Waals surface area contributed by atoms with Gasteiger partial charge >= 0.3 is 13.1 Å². The van der Waals surface area contributed by atoms with Crippen LogP contribution in [0.3, 0.4) is 0 Å². The number of hydrogen-bond donors (Lipinski definition) is 3. The first-order chi connectivity index (χ1) is 18.8. The van der Waals surface area contributed by atoms with Crippen LogP contribution in [0.25, 0.3) is 0 Å². The van der Waals surface area contributed by atoms with E-state index in [9.17, 15) is 24.8 Å². The van der Waals surface area contributed by atoms with Crippen molar-refractivity contribution in [3.8, 4) is 5.75 Å². The lowest BCUT2D eigenvalue weighted by molar-refractivity contribution is -0.201. The molecule has 1 aromatic carbocycles. The maximum Gasteiger partial charge on any atom is 0.494 e. The summed E-state index contributed by atoms with van der Waals surface area (Å²) in [5.41, 5.74) is -1.52. The Labute approximate surface area is 235 Å². The fourth-order valence-electron chi connectivity index (χ4n) is 9.15. The minimum absolute atomic E-state index is 0.00247. The number of Topliss-reactive ketones (excluding diaryl/α,β-unsaturated/α-hetero) is 1. The third-order valence-electron chi connectivity index (χ3n) is 11.7. The molecule has 0 saturated heterocycles. The number of aliphatic carboxylic acids is 1. The van der Waals surface area contributed by atoms with E-state index in [2.05, 4.69) is 13.8 Å². The molecule has 1 unspecified atom stereocenters. The second-order valence-electron chi connectivity index (χ2n) is 13.4. The molecule has 3 N–H and O–H groups in total. The van der Waals surface area contributed by atoms with Gasteiger partial charge in [-0.05, 0) is 71.8 Å². The van der Waals surface area contributed by atoms with Crippen molar-refractivity contribution in [1.29, 1.82) is 0 Å². The van der Waals surface area contributed by atoms with E-state index in [1.54, 1.807) is 13.2 Å². The Morgan fingerprint density at radius 3 is 2.67 bits per heavy atom. The van der Waals surface area contributed by atoms with Crippen molar-refractivity contribution < 1.29 is 43.3 Å². The van der Waals surface area contributed by atoms with Crippen LogP contribution in [-0.2, 0) is 25.6 Å². The number of methoxy groups -OCH3 is 1. The molecule has 3 fully saturated rings. The second-order valence-corrected chi connectivity index (χ2v) is 13.4. The standard InChI is InChI=1S/C30H42BFO8/c1-16-8-10-30-11-9-20(33)25(30)29(16,4)19(14-28(3,12-13-38-5)26(34)17(30)2)24(27(35)36)40-21-7-6-18-15-39-31(37)22(18)23(21)32/h6-7,16-17,19,24-26,34,37H,8-15H2,1-5H3,(H,35,36)/t16-,17+,19+,24?,25+,26+,28+,29-,30+/m1/s1. The minimum atomic E-state index is -1.49. The van der Waals surface area contributed by atoms with E-state index < -0.39 is 59.2 Å². The van der Waals surface area contributed by atoms with Gasteiger partial charge < -0.3 is 29.4 Å². The summed E-state index contributed by atoms with van der Waals surface area (Å²) in [4.78, 5) is 26.8. The number of carbonyl (C=O) groups excluding carboxylic acids is 1. The molecule has 3 saturated carbocycles. The third-order valence-corrected chi connectivity index (χ3v) is 11.7. The quantitative estimate of drug-likeness (QED) is 0.435. The smallest absolute Gasteiger partial charge is 0.478 e. The summed E-state index contributed by atoms with van der Waals surface area (Å²) in [6, 6.07) is 2.96. The normalized spacial score (nSPS) is 39.8. The molecule has 10 heteroatoms. The molecule has 1 aliphatic heterocycles. The van der Waals surface area contributed by atoms with Crippen molar-refractivity contribution in [2.75, 3.05) is 13.7 Å². The zero-order chi connectivity index (χ0) is 29.2. The predicted molar refractivity (Wildman–Crippen MR) is 145 cm³/mol. The van der Waals surface area contributed by atoms with Crippen molar-refractivity contribution in [3.63, 3.8) is 0 Å². The summed E-state index contributed by atoms with van der Waals surface area (Å²) in [5, 5.41) is 32.8. The summed E-state index contributed by atoms with van der Waals surface area (Å²) in [5.74, 6) is -3.58. The molecule has 9 atom stereocenters. The number of rotatable bonds is 7. The van der Waals surface area contributed by atoms with Crippen LogP contribution in [0.5, 0.6) is 5.75 Å². The Hall–Kier alpha value is -2.01. The molecule has 40 heavy (non-hydrogen) atoms. The number of ketones is 1. The molecule has 0 radical (unpaired) electrons. The predicted octanol–water partition coefficient (Wildman–Crippen LogP) is 3.34. The van der Waals surface area contributed by atoms with Gasteiger partial charge in [0.05, 0.1) is 12.7 Å². The van der Waals surface area contributed by atoms with Crippen LogP contribution in [0.1, 0.15) is 71.8 Å². The van der Waals surface area contributed by atoms with Crippen LogP contribution in [-0.4, -0.2) is 60.0 Å². The molecule has 0 amide bonds. The lowest BCUT2D eigenvalue weighted by Crippen LogP contribution is -2.64. The molecular formula is C30H42BFO8. The molecule has 2 bridgehead atoms. The van der Waals surface area contributed by atoms with Crippen molar-refractivity contribution in [2.24, 2.45) is 39.9 Å². The van der Waals surface area contributed by atoms with Crippen LogP contribution in [0, 0.1) is 45.7 Å². The largest absolute Gasteiger partial charge is 0.494 e. The number of hydrogen-bond acceptors (Lipinski definition) is 7. The number of halogens is 1. The van der Waals surface area contributed by atoms with Gasteiger partial charge in [0.15, 0.2) is 17.7 Å². The van der Waals surface area contributed by atoms with E-state index in [1.807, 2.05) is 13.8 Å². The van der Waals surface area contributed by atoms with E-state index >= 15 is 4.39 Å². The van der Waals surface area contributed by atoms with Crippen LogP contribution < -0.4 is 10.2 Å². The molecule has 220 valence electrons. The summed E-state index contributed by atoms with van der Waals surface area (Å²) in [6.45, 7) is 8.57. The molecule has 3 aliphatic carbocycles. The summed E-state index contributed by atoms with van der Waals surface area (Å²) in [7, 11) is 0.143. The highest BCUT2D eigenvalue weighted by atomic mass is 19.1. The van der Waals surface area contributed by atoms with Gasteiger partial charge in [-0.25, -0.2) is 9.18 Å². The number of aliphatic hydroxyl groups is 1. The Morgan fingerprint density at radius 1 is 1.27 bits per heavy atom. The third kappa shape index (κ3) is 4.24. The first-order valence-corrected chi connectivity index (χ1v) is 14.5. The number of fused-ring (bicyclic) bond motifs is 1. The van der Waals surface area contributed by atoms with Gasteiger partial charge in [0, 0.05) is 37.4 Å². The van der Waals surface area contributed by atoms with Gasteiger partial charge in [0.25, 0.3) is 0 Å². The zero-order valence-electron chi connectivity index (χ0n) is 24.1. The number of aliphatic hydroxyl groups excluding tert-OH is 1.